The highest BCUT2D eigenvalue weighted by Crippen LogP contribution is 2.32. The third-order valence-corrected chi connectivity index (χ3v) is 6.57. The lowest BCUT2D eigenvalue weighted by atomic mass is 9.94. The molecular formula is C15H23ClN2O2S. The Morgan fingerprint density at radius 2 is 1.95 bits per heavy atom. The van der Waals surface area contributed by atoms with E-state index in [1.54, 1.807) is 6.07 Å². The van der Waals surface area contributed by atoms with Crippen molar-refractivity contribution in [2.75, 3.05) is 18.8 Å². The van der Waals surface area contributed by atoms with Crippen molar-refractivity contribution in [1.82, 2.24) is 4.31 Å². The fourth-order valence-corrected chi connectivity index (χ4v) is 4.91. The average Bonchev–Trinajstić information content (AvgIpc) is 2.43. The highest BCUT2D eigenvalue weighted by Gasteiger charge is 2.30. The summed E-state index contributed by atoms with van der Waals surface area (Å²) in [5.41, 5.74) is 7.09. The topological polar surface area (TPSA) is 63.4 Å². The number of rotatable bonds is 4. The number of anilines is 1. The summed E-state index contributed by atoms with van der Waals surface area (Å²) in [5, 5.41) is 0.248. The molecule has 0 amide bonds. The monoisotopic (exact) mass is 330 g/mol. The lowest BCUT2D eigenvalue weighted by Crippen LogP contribution is -2.38. The van der Waals surface area contributed by atoms with Gasteiger partial charge in [0.25, 0.3) is 0 Å². The number of piperidine rings is 1. The van der Waals surface area contributed by atoms with E-state index in [4.69, 9.17) is 17.3 Å². The Morgan fingerprint density at radius 1 is 1.33 bits per heavy atom. The van der Waals surface area contributed by atoms with E-state index in [1.807, 2.05) is 6.92 Å². The fraction of sp³-hybridized carbons (Fsp3) is 0.600. The number of hydrogen-bond acceptors (Lipinski definition) is 3. The maximum Gasteiger partial charge on any atom is 0.244 e. The van der Waals surface area contributed by atoms with Crippen LogP contribution in [0.3, 0.4) is 0 Å². The SMILES string of the molecule is CCCC1CCN(S(=O)(=O)c2cc(N)c(C)cc2Cl)CC1. The van der Waals surface area contributed by atoms with Gasteiger partial charge in [-0.3, -0.25) is 0 Å². The molecule has 1 saturated heterocycles. The molecule has 118 valence electrons. The van der Waals surface area contributed by atoms with Gasteiger partial charge < -0.3 is 5.73 Å². The van der Waals surface area contributed by atoms with Crippen LogP contribution in [0.2, 0.25) is 5.02 Å². The van der Waals surface area contributed by atoms with Gasteiger partial charge in [-0.25, -0.2) is 8.42 Å². The van der Waals surface area contributed by atoms with Crippen LogP contribution in [-0.4, -0.2) is 25.8 Å². The first-order chi connectivity index (χ1) is 9.86. The summed E-state index contributed by atoms with van der Waals surface area (Å²) in [4.78, 5) is 0.126. The second kappa shape index (κ2) is 6.55. The van der Waals surface area contributed by atoms with Crippen LogP contribution in [0.25, 0.3) is 0 Å². The summed E-state index contributed by atoms with van der Waals surface area (Å²) < 4.78 is 27.0. The molecule has 0 bridgehead atoms. The Bertz CT molecular complexity index is 608. The van der Waals surface area contributed by atoms with Crippen molar-refractivity contribution in [2.24, 2.45) is 5.92 Å². The Kier molecular flexibility index (Phi) is 5.17. The first-order valence-electron chi connectivity index (χ1n) is 7.42. The zero-order valence-electron chi connectivity index (χ0n) is 12.6. The van der Waals surface area contributed by atoms with Gasteiger partial charge in [0.1, 0.15) is 4.90 Å². The molecule has 21 heavy (non-hydrogen) atoms. The summed E-state index contributed by atoms with van der Waals surface area (Å²) in [7, 11) is -3.55. The quantitative estimate of drug-likeness (QED) is 0.860. The van der Waals surface area contributed by atoms with Crippen molar-refractivity contribution in [1.29, 1.82) is 0 Å². The van der Waals surface area contributed by atoms with E-state index >= 15 is 0 Å². The van der Waals surface area contributed by atoms with Crippen LogP contribution in [0.5, 0.6) is 0 Å². The van der Waals surface area contributed by atoms with Crippen molar-refractivity contribution in [2.45, 2.75) is 44.4 Å². The van der Waals surface area contributed by atoms with Gasteiger partial charge in [0, 0.05) is 18.8 Å². The minimum Gasteiger partial charge on any atom is -0.398 e. The molecule has 1 aromatic rings. The number of nitrogens with two attached hydrogens (primary N) is 1. The molecule has 0 aromatic heterocycles. The van der Waals surface area contributed by atoms with Crippen molar-refractivity contribution in [3.05, 3.63) is 22.7 Å². The van der Waals surface area contributed by atoms with Crippen LogP contribution in [0.1, 0.15) is 38.2 Å². The minimum atomic E-state index is -3.55. The zero-order chi connectivity index (χ0) is 15.6. The van der Waals surface area contributed by atoms with Crippen molar-refractivity contribution < 1.29 is 8.42 Å². The number of benzene rings is 1. The molecule has 0 aliphatic carbocycles. The minimum absolute atomic E-state index is 0.126. The molecule has 2 N–H and O–H groups in total. The van der Waals surface area contributed by atoms with Gasteiger partial charge in [0.2, 0.25) is 10.0 Å². The van der Waals surface area contributed by atoms with Crippen LogP contribution in [0.15, 0.2) is 17.0 Å². The molecule has 4 nitrogen and oxygen atoms in total. The van der Waals surface area contributed by atoms with Crippen LogP contribution in [0.4, 0.5) is 5.69 Å². The van der Waals surface area contributed by atoms with E-state index in [-0.39, 0.29) is 9.92 Å². The standard InChI is InChI=1S/C15H23ClN2O2S/c1-3-4-12-5-7-18(8-6-12)21(19,20)15-10-14(17)11(2)9-13(15)16/h9-10,12H,3-8,17H2,1-2H3. The lowest BCUT2D eigenvalue weighted by Gasteiger charge is -2.31. The fourth-order valence-electron chi connectivity index (χ4n) is 2.85. The molecule has 0 saturated carbocycles. The third kappa shape index (κ3) is 3.52. The molecule has 1 aromatic carbocycles. The molecule has 1 fully saturated rings. The molecule has 1 aliphatic rings. The number of sulfonamides is 1. The Hall–Kier alpha value is -0.780. The van der Waals surface area contributed by atoms with Gasteiger partial charge in [0.15, 0.2) is 0 Å². The number of nitrogen functional groups attached to an aromatic ring is 1. The summed E-state index contributed by atoms with van der Waals surface area (Å²) in [6, 6.07) is 3.10. The van der Waals surface area contributed by atoms with E-state index in [1.165, 1.54) is 16.8 Å². The number of hydrogen-bond donors (Lipinski definition) is 1. The summed E-state index contributed by atoms with van der Waals surface area (Å²) in [6.45, 7) is 5.11. The molecule has 2 rings (SSSR count). The van der Waals surface area contributed by atoms with E-state index < -0.39 is 10.0 Å². The molecule has 1 aliphatic heterocycles. The van der Waals surface area contributed by atoms with Crippen LogP contribution in [0, 0.1) is 12.8 Å². The first-order valence-corrected chi connectivity index (χ1v) is 9.23. The molecule has 0 radical (unpaired) electrons. The van der Waals surface area contributed by atoms with Gasteiger partial charge >= 0.3 is 0 Å². The van der Waals surface area contributed by atoms with Crippen LogP contribution >= 0.6 is 11.6 Å². The van der Waals surface area contributed by atoms with E-state index in [0.717, 1.165) is 24.8 Å². The second-order valence-electron chi connectivity index (χ2n) is 5.78. The van der Waals surface area contributed by atoms with Gasteiger partial charge in [-0.1, -0.05) is 31.4 Å². The highest BCUT2D eigenvalue weighted by atomic mass is 35.5. The molecule has 0 unspecified atom stereocenters. The second-order valence-corrected chi connectivity index (χ2v) is 8.09. The first kappa shape index (κ1) is 16.6. The summed E-state index contributed by atoms with van der Waals surface area (Å²) in [5.74, 6) is 0.639. The van der Waals surface area contributed by atoms with Gasteiger partial charge in [-0.2, -0.15) is 4.31 Å². The zero-order valence-corrected chi connectivity index (χ0v) is 14.2. The van der Waals surface area contributed by atoms with Crippen molar-refractivity contribution >= 4 is 27.3 Å². The Morgan fingerprint density at radius 3 is 2.52 bits per heavy atom. The van der Waals surface area contributed by atoms with Gasteiger partial charge in [-0.15, -0.1) is 0 Å². The number of halogens is 1. The predicted octanol–water partition coefficient (Wildman–Crippen LogP) is 3.43. The van der Waals surface area contributed by atoms with Crippen LogP contribution < -0.4 is 5.73 Å². The molecule has 1 heterocycles. The lowest BCUT2D eigenvalue weighted by molar-refractivity contribution is 0.262. The Labute approximate surface area is 132 Å². The maximum absolute atomic E-state index is 12.7. The third-order valence-electron chi connectivity index (χ3n) is 4.21. The smallest absolute Gasteiger partial charge is 0.244 e. The van der Waals surface area contributed by atoms with Crippen molar-refractivity contribution in [3.8, 4) is 0 Å². The molecule has 0 spiro atoms. The summed E-state index contributed by atoms with van der Waals surface area (Å²) in [6.07, 6.45) is 4.17. The molecular weight excluding hydrogens is 308 g/mol. The van der Waals surface area contributed by atoms with E-state index in [9.17, 15) is 8.42 Å². The maximum atomic E-state index is 12.7. The van der Waals surface area contributed by atoms with E-state index in [2.05, 4.69) is 6.92 Å². The molecule has 6 heteroatoms. The Balaban J connectivity index is 2.22. The normalized spacial score (nSPS) is 18.0. The summed E-state index contributed by atoms with van der Waals surface area (Å²) >= 11 is 6.12. The largest absolute Gasteiger partial charge is 0.398 e. The number of nitrogens with zero attached hydrogens (tertiary/aromatic N) is 1. The van der Waals surface area contributed by atoms with E-state index in [0.29, 0.717) is 24.7 Å². The molecule has 0 atom stereocenters. The van der Waals surface area contributed by atoms with Crippen molar-refractivity contribution in [3.63, 3.8) is 0 Å². The van der Waals surface area contributed by atoms with Crippen LogP contribution in [-0.2, 0) is 10.0 Å². The highest BCUT2D eigenvalue weighted by molar-refractivity contribution is 7.89. The predicted molar refractivity (Wildman–Crippen MR) is 87.0 cm³/mol. The average molecular weight is 331 g/mol. The van der Waals surface area contributed by atoms with Gasteiger partial charge in [0.05, 0.1) is 5.02 Å². The number of aryl methyl sites for hydroxylation is 1. The van der Waals surface area contributed by atoms with Gasteiger partial charge in [-0.05, 0) is 43.4 Å².